The summed E-state index contributed by atoms with van der Waals surface area (Å²) < 4.78 is 5.65. The van der Waals surface area contributed by atoms with Gasteiger partial charge in [-0.05, 0) is 62.1 Å². The van der Waals surface area contributed by atoms with E-state index >= 15 is 0 Å². The first kappa shape index (κ1) is 17.0. The largest absolute Gasteiger partial charge is 0.481 e. The minimum absolute atomic E-state index is 0.0365. The van der Waals surface area contributed by atoms with E-state index in [1.54, 1.807) is 48.8 Å². The van der Waals surface area contributed by atoms with Crippen LogP contribution in [-0.2, 0) is 4.79 Å². The Balaban J connectivity index is 1.53. The topological polar surface area (TPSA) is 88.5 Å². The predicted octanol–water partition coefficient (Wildman–Crippen LogP) is 3.25. The molecule has 3 rings (SSSR count). The molecule has 0 atom stereocenters. The molecule has 0 spiro atoms. The molecule has 1 heterocycles. The summed E-state index contributed by atoms with van der Waals surface area (Å²) in [6, 6.07) is 10.5. The molecule has 1 aliphatic carbocycles. The molecule has 2 aromatic rings. The van der Waals surface area contributed by atoms with Crippen LogP contribution in [0.25, 0.3) is 0 Å². The monoisotopic (exact) mass is 340 g/mol. The van der Waals surface area contributed by atoms with Crippen molar-refractivity contribution in [1.82, 2.24) is 10.3 Å². The standard InChI is InChI=1S/C19H20N2O4/c22-18(21-15-7-3-14(4-8-15)19(23)24)13-5-9-16(10-6-13)25-17-2-1-11-20-12-17/h1-2,5-6,9-12,14-15H,3-4,7-8H2,(H,21,22)(H,23,24). The molecule has 6 nitrogen and oxygen atoms in total. The smallest absolute Gasteiger partial charge is 0.306 e. The number of hydrogen-bond donors (Lipinski definition) is 2. The number of benzene rings is 1. The minimum Gasteiger partial charge on any atom is -0.481 e. The molecule has 0 aliphatic heterocycles. The molecule has 1 aliphatic rings. The number of carboxylic acid groups (broad SMARTS) is 1. The van der Waals surface area contributed by atoms with Gasteiger partial charge in [-0.25, -0.2) is 0 Å². The van der Waals surface area contributed by atoms with E-state index in [4.69, 9.17) is 9.84 Å². The van der Waals surface area contributed by atoms with E-state index in [0.717, 1.165) is 0 Å². The zero-order valence-electron chi connectivity index (χ0n) is 13.7. The number of amides is 1. The van der Waals surface area contributed by atoms with Gasteiger partial charge in [-0.2, -0.15) is 0 Å². The Bertz CT molecular complexity index is 723. The summed E-state index contributed by atoms with van der Waals surface area (Å²) in [7, 11) is 0. The zero-order chi connectivity index (χ0) is 17.6. The molecular weight excluding hydrogens is 320 g/mol. The lowest BCUT2D eigenvalue weighted by Crippen LogP contribution is -2.38. The van der Waals surface area contributed by atoms with Crippen LogP contribution >= 0.6 is 0 Å². The van der Waals surface area contributed by atoms with Gasteiger partial charge in [0.25, 0.3) is 5.91 Å². The molecule has 0 saturated heterocycles. The van der Waals surface area contributed by atoms with Crippen molar-refractivity contribution < 1.29 is 19.4 Å². The number of aromatic nitrogens is 1. The Hall–Kier alpha value is -2.89. The lowest BCUT2D eigenvalue weighted by Gasteiger charge is -2.26. The van der Waals surface area contributed by atoms with Crippen molar-refractivity contribution in [3.05, 3.63) is 54.4 Å². The number of nitrogens with one attached hydrogen (secondary N) is 1. The van der Waals surface area contributed by atoms with Gasteiger partial charge in [-0.15, -0.1) is 0 Å². The van der Waals surface area contributed by atoms with E-state index in [2.05, 4.69) is 10.3 Å². The third kappa shape index (κ3) is 4.56. The molecule has 0 unspecified atom stereocenters. The summed E-state index contributed by atoms with van der Waals surface area (Å²) in [6.07, 6.45) is 5.91. The van der Waals surface area contributed by atoms with Crippen LogP contribution in [0.4, 0.5) is 0 Å². The SMILES string of the molecule is O=C(NC1CCC(C(=O)O)CC1)c1ccc(Oc2cccnc2)cc1. The molecule has 1 fully saturated rings. The van der Waals surface area contributed by atoms with Gasteiger partial charge in [-0.3, -0.25) is 14.6 Å². The van der Waals surface area contributed by atoms with Crippen LogP contribution in [0.3, 0.4) is 0 Å². The third-order valence-corrected chi connectivity index (χ3v) is 4.40. The maximum atomic E-state index is 12.3. The number of rotatable bonds is 5. The molecule has 0 bridgehead atoms. The van der Waals surface area contributed by atoms with Gasteiger partial charge in [-0.1, -0.05) is 0 Å². The maximum absolute atomic E-state index is 12.3. The Morgan fingerprint density at radius 3 is 2.36 bits per heavy atom. The second-order valence-corrected chi connectivity index (χ2v) is 6.18. The van der Waals surface area contributed by atoms with E-state index in [-0.39, 0.29) is 17.9 Å². The van der Waals surface area contributed by atoms with Crippen LogP contribution in [0.5, 0.6) is 11.5 Å². The summed E-state index contributed by atoms with van der Waals surface area (Å²) in [6.45, 7) is 0. The van der Waals surface area contributed by atoms with Crippen molar-refractivity contribution in [2.45, 2.75) is 31.7 Å². The lowest BCUT2D eigenvalue weighted by atomic mass is 9.86. The summed E-state index contributed by atoms with van der Waals surface area (Å²) in [5.41, 5.74) is 0.555. The molecule has 1 aromatic heterocycles. The van der Waals surface area contributed by atoms with Crippen LogP contribution in [-0.4, -0.2) is 28.0 Å². The van der Waals surface area contributed by atoms with Crippen LogP contribution < -0.4 is 10.1 Å². The summed E-state index contributed by atoms with van der Waals surface area (Å²) in [5.74, 6) is 0.0964. The van der Waals surface area contributed by atoms with Crippen LogP contribution in [0.1, 0.15) is 36.0 Å². The lowest BCUT2D eigenvalue weighted by molar-refractivity contribution is -0.142. The van der Waals surface area contributed by atoms with Crippen molar-refractivity contribution in [3.8, 4) is 11.5 Å². The quantitative estimate of drug-likeness (QED) is 0.872. The van der Waals surface area contributed by atoms with Gasteiger partial charge in [0.2, 0.25) is 0 Å². The Labute approximate surface area is 145 Å². The molecular formula is C19H20N2O4. The van der Waals surface area contributed by atoms with Gasteiger partial charge >= 0.3 is 5.97 Å². The second kappa shape index (κ2) is 7.79. The Morgan fingerprint density at radius 2 is 1.76 bits per heavy atom. The fourth-order valence-electron chi connectivity index (χ4n) is 2.97. The number of aliphatic carboxylic acids is 1. The van der Waals surface area contributed by atoms with Crippen LogP contribution in [0, 0.1) is 5.92 Å². The van der Waals surface area contributed by atoms with Crippen molar-refractivity contribution in [3.63, 3.8) is 0 Å². The Morgan fingerprint density at radius 1 is 1.04 bits per heavy atom. The van der Waals surface area contributed by atoms with Gasteiger partial charge < -0.3 is 15.2 Å². The van der Waals surface area contributed by atoms with E-state index in [9.17, 15) is 9.59 Å². The summed E-state index contributed by atoms with van der Waals surface area (Å²) in [4.78, 5) is 27.3. The summed E-state index contributed by atoms with van der Waals surface area (Å²) in [5, 5.41) is 12.0. The number of hydrogen-bond acceptors (Lipinski definition) is 4. The molecule has 2 N–H and O–H groups in total. The van der Waals surface area contributed by atoms with Crippen LogP contribution in [0.15, 0.2) is 48.8 Å². The zero-order valence-corrected chi connectivity index (χ0v) is 13.7. The molecule has 1 aromatic carbocycles. The number of carboxylic acids is 1. The number of nitrogens with zero attached hydrogens (tertiary/aromatic N) is 1. The van der Waals surface area contributed by atoms with Crippen molar-refractivity contribution in [1.29, 1.82) is 0 Å². The van der Waals surface area contributed by atoms with Crippen molar-refractivity contribution >= 4 is 11.9 Å². The average Bonchev–Trinajstić information content (AvgIpc) is 2.63. The summed E-state index contributed by atoms with van der Waals surface area (Å²) >= 11 is 0. The fraction of sp³-hybridized carbons (Fsp3) is 0.316. The van der Waals surface area contributed by atoms with Gasteiger partial charge in [0.15, 0.2) is 0 Å². The first-order valence-electron chi connectivity index (χ1n) is 8.33. The molecule has 130 valence electrons. The molecule has 1 amide bonds. The number of pyridine rings is 1. The van der Waals surface area contributed by atoms with Crippen molar-refractivity contribution in [2.24, 2.45) is 5.92 Å². The number of ether oxygens (including phenoxy) is 1. The highest BCUT2D eigenvalue weighted by Gasteiger charge is 2.26. The van der Waals surface area contributed by atoms with Crippen molar-refractivity contribution in [2.75, 3.05) is 0 Å². The van der Waals surface area contributed by atoms with Gasteiger partial charge in [0.1, 0.15) is 11.5 Å². The molecule has 0 radical (unpaired) electrons. The Kier molecular flexibility index (Phi) is 5.28. The highest BCUT2D eigenvalue weighted by Crippen LogP contribution is 2.25. The minimum atomic E-state index is -0.742. The predicted molar refractivity (Wildman–Crippen MR) is 91.6 cm³/mol. The number of carbonyl (C=O) groups excluding carboxylic acids is 1. The highest BCUT2D eigenvalue weighted by atomic mass is 16.5. The maximum Gasteiger partial charge on any atom is 0.306 e. The molecule has 1 saturated carbocycles. The van der Waals surface area contributed by atoms with E-state index in [1.165, 1.54) is 0 Å². The van der Waals surface area contributed by atoms with E-state index in [1.807, 2.05) is 0 Å². The average molecular weight is 340 g/mol. The van der Waals surface area contributed by atoms with E-state index in [0.29, 0.717) is 42.7 Å². The normalized spacial score (nSPS) is 19.8. The first-order chi connectivity index (χ1) is 12.1. The van der Waals surface area contributed by atoms with Gasteiger partial charge in [0, 0.05) is 17.8 Å². The van der Waals surface area contributed by atoms with E-state index < -0.39 is 5.97 Å². The second-order valence-electron chi connectivity index (χ2n) is 6.18. The third-order valence-electron chi connectivity index (χ3n) is 4.40. The van der Waals surface area contributed by atoms with Gasteiger partial charge in [0.05, 0.1) is 12.1 Å². The fourth-order valence-corrected chi connectivity index (χ4v) is 2.97. The van der Waals surface area contributed by atoms with Crippen LogP contribution in [0.2, 0.25) is 0 Å². The first-order valence-corrected chi connectivity index (χ1v) is 8.33. The number of carbonyl (C=O) groups is 2. The molecule has 25 heavy (non-hydrogen) atoms. The molecule has 6 heteroatoms. The highest BCUT2D eigenvalue weighted by molar-refractivity contribution is 5.94.